The van der Waals surface area contributed by atoms with E-state index in [2.05, 4.69) is 0 Å². The number of nitro groups is 1. The summed E-state index contributed by atoms with van der Waals surface area (Å²) in [7, 11) is 0. The van der Waals surface area contributed by atoms with Crippen LogP contribution in [0.2, 0.25) is 0 Å². The first-order valence-electron chi connectivity index (χ1n) is 5.81. The van der Waals surface area contributed by atoms with Crippen LogP contribution < -0.4 is 4.90 Å². The summed E-state index contributed by atoms with van der Waals surface area (Å²) in [4.78, 5) is 24.3. The molecule has 1 heterocycles. The van der Waals surface area contributed by atoms with Gasteiger partial charge in [-0.3, -0.25) is 19.8 Å². The summed E-state index contributed by atoms with van der Waals surface area (Å²) in [6, 6.07) is 13.5. The average Bonchev–Trinajstić information content (AvgIpc) is 2.76. The number of rotatable bonds is 2. The maximum Gasteiger partial charge on any atom is 0.292 e. The van der Waals surface area contributed by atoms with E-state index >= 15 is 0 Å². The molecule has 0 spiro atoms. The highest BCUT2D eigenvalue weighted by molar-refractivity contribution is 6.10. The summed E-state index contributed by atoms with van der Waals surface area (Å²) in [6.07, 6.45) is 0. The lowest BCUT2D eigenvalue weighted by atomic mass is 10.1. The highest BCUT2D eigenvalue weighted by Gasteiger charge is 2.31. The van der Waals surface area contributed by atoms with Gasteiger partial charge in [0.25, 0.3) is 11.6 Å². The first kappa shape index (κ1) is 11.4. The van der Waals surface area contributed by atoms with Crippen LogP contribution in [0, 0.1) is 10.1 Å². The monoisotopic (exact) mass is 254 g/mol. The van der Waals surface area contributed by atoms with Crippen LogP contribution in [0.25, 0.3) is 0 Å². The third kappa shape index (κ3) is 1.76. The van der Waals surface area contributed by atoms with Gasteiger partial charge in [0.05, 0.1) is 11.5 Å². The fraction of sp³-hybridized carbons (Fsp3) is 0.0714. The van der Waals surface area contributed by atoms with Gasteiger partial charge in [-0.15, -0.1) is 0 Å². The fourth-order valence-electron chi connectivity index (χ4n) is 2.30. The Morgan fingerprint density at radius 3 is 2.47 bits per heavy atom. The number of hydrogen-bond donors (Lipinski definition) is 0. The lowest BCUT2D eigenvalue weighted by molar-refractivity contribution is -0.384. The molecule has 0 N–H and O–H groups in total. The molecule has 0 saturated heterocycles. The van der Waals surface area contributed by atoms with Crippen molar-refractivity contribution < 1.29 is 9.72 Å². The van der Waals surface area contributed by atoms with E-state index in [4.69, 9.17) is 0 Å². The van der Waals surface area contributed by atoms with E-state index in [1.807, 2.05) is 12.1 Å². The number of fused-ring (bicyclic) bond motifs is 1. The fourth-order valence-corrected chi connectivity index (χ4v) is 2.30. The van der Waals surface area contributed by atoms with E-state index in [1.54, 1.807) is 30.3 Å². The SMILES string of the molecule is O=C1c2ccccc2CN1c1ccccc1[N+](=O)[O-]. The van der Waals surface area contributed by atoms with Gasteiger partial charge >= 0.3 is 0 Å². The van der Waals surface area contributed by atoms with Crippen LogP contribution in [0.15, 0.2) is 48.5 Å². The molecule has 0 saturated carbocycles. The summed E-state index contributed by atoms with van der Waals surface area (Å²) < 4.78 is 0. The number of para-hydroxylation sites is 2. The second-order valence-corrected chi connectivity index (χ2v) is 4.29. The molecule has 0 fully saturated rings. The van der Waals surface area contributed by atoms with Crippen molar-refractivity contribution in [2.24, 2.45) is 0 Å². The van der Waals surface area contributed by atoms with E-state index in [9.17, 15) is 14.9 Å². The Kier molecular flexibility index (Phi) is 2.52. The molecule has 1 aliphatic rings. The van der Waals surface area contributed by atoms with Gasteiger partial charge in [-0.05, 0) is 17.7 Å². The Morgan fingerprint density at radius 2 is 1.74 bits per heavy atom. The van der Waals surface area contributed by atoms with Gasteiger partial charge in [-0.25, -0.2) is 0 Å². The van der Waals surface area contributed by atoms with Crippen LogP contribution in [0.4, 0.5) is 11.4 Å². The van der Waals surface area contributed by atoms with Gasteiger partial charge in [0.1, 0.15) is 5.69 Å². The van der Waals surface area contributed by atoms with Crippen LogP contribution in [0.1, 0.15) is 15.9 Å². The minimum absolute atomic E-state index is 0.0522. The van der Waals surface area contributed by atoms with Crippen LogP contribution in [0.3, 0.4) is 0 Å². The first-order chi connectivity index (χ1) is 9.18. The Bertz CT molecular complexity index is 682. The predicted octanol–water partition coefficient (Wildman–Crippen LogP) is 2.76. The van der Waals surface area contributed by atoms with E-state index in [0.717, 1.165) is 5.56 Å². The Balaban J connectivity index is 2.07. The quantitative estimate of drug-likeness (QED) is 0.611. The smallest absolute Gasteiger partial charge is 0.292 e. The number of carbonyl (C=O) groups is 1. The third-order valence-corrected chi connectivity index (χ3v) is 3.19. The topological polar surface area (TPSA) is 63.5 Å². The van der Waals surface area contributed by atoms with Crippen LogP contribution in [-0.2, 0) is 6.54 Å². The third-order valence-electron chi connectivity index (χ3n) is 3.19. The molecule has 0 bridgehead atoms. The maximum absolute atomic E-state index is 12.3. The van der Waals surface area contributed by atoms with Gasteiger partial charge < -0.3 is 0 Å². The molecule has 0 radical (unpaired) electrons. The van der Waals surface area contributed by atoms with Gasteiger partial charge in [-0.1, -0.05) is 30.3 Å². The van der Waals surface area contributed by atoms with Crippen molar-refractivity contribution >= 4 is 17.3 Å². The summed E-state index contributed by atoms with van der Waals surface area (Å²) in [5.41, 5.74) is 1.80. The molecule has 94 valence electrons. The average molecular weight is 254 g/mol. The predicted molar refractivity (Wildman–Crippen MR) is 70.1 cm³/mol. The Morgan fingerprint density at radius 1 is 1.05 bits per heavy atom. The number of benzene rings is 2. The van der Waals surface area contributed by atoms with Crippen molar-refractivity contribution in [2.45, 2.75) is 6.54 Å². The van der Waals surface area contributed by atoms with Crippen molar-refractivity contribution in [3.05, 3.63) is 69.8 Å². The zero-order valence-electron chi connectivity index (χ0n) is 9.95. The molecule has 2 aromatic carbocycles. The molecule has 0 unspecified atom stereocenters. The molecular formula is C14H10N2O3. The molecule has 1 aliphatic heterocycles. The van der Waals surface area contributed by atoms with Crippen molar-refractivity contribution in [1.29, 1.82) is 0 Å². The zero-order chi connectivity index (χ0) is 13.4. The first-order valence-corrected chi connectivity index (χ1v) is 5.81. The summed E-state index contributed by atoms with van der Waals surface area (Å²) in [5, 5.41) is 11.0. The number of anilines is 1. The van der Waals surface area contributed by atoms with Crippen molar-refractivity contribution in [2.75, 3.05) is 4.90 Å². The zero-order valence-corrected chi connectivity index (χ0v) is 9.95. The maximum atomic E-state index is 12.3. The van der Waals surface area contributed by atoms with E-state index in [1.165, 1.54) is 11.0 Å². The number of amides is 1. The van der Waals surface area contributed by atoms with Gasteiger partial charge in [0, 0.05) is 11.6 Å². The van der Waals surface area contributed by atoms with E-state index in [-0.39, 0.29) is 11.6 Å². The standard InChI is InChI=1S/C14H10N2O3/c17-14-11-6-2-1-5-10(11)9-15(14)12-7-3-4-8-13(12)16(18)19/h1-8H,9H2. The molecule has 19 heavy (non-hydrogen) atoms. The van der Waals surface area contributed by atoms with Gasteiger partial charge in [0.15, 0.2) is 0 Å². The minimum Gasteiger partial charge on any atom is -0.298 e. The van der Waals surface area contributed by atoms with Crippen LogP contribution in [-0.4, -0.2) is 10.8 Å². The number of nitrogens with zero attached hydrogens (tertiary/aromatic N) is 2. The molecule has 2 aromatic rings. The Labute approximate surface area is 109 Å². The Hall–Kier alpha value is -2.69. The summed E-state index contributed by atoms with van der Waals surface area (Å²) in [6.45, 7) is 0.375. The molecular weight excluding hydrogens is 244 g/mol. The van der Waals surface area contributed by atoms with Crippen molar-refractivity contribution in [3.63, 3.8) is 0 Å². The molecule has 1 amide bonds. The summed E-state index contributed by atoms with van der Waals surface area (Å²) in [5.74, 6) is -0.190. The van der Waals surface area contributed by atoms with E-state index < -0.39 is 4.92 Å². The second-order valence-electron chi connectivity index (χ2n) is 4.29. The molecule has 0 atom stereocenters. The van der Waals surface area contributed by atoms with Crippen LogP contribution in [0.5, 0.6) is 0 Å². The number of hydrogen-bond acceptors (Lipinski definition) is 3. The number of carbonyl (C=O) groups excluding carboxylic acids is 1. The lowest BCUT2D eigenvalue weighted by Crippen LogP contribution is -2.23. The lowest BCUT2D eigenvalue weighted by Gasteiger charge is -2.15. The molecule has 5 heteroatoms. The van der Waals surface area contributed by atoms with E-state index in [0.29, 0.717) is 17.8 Å². The minimum atomic E-state index is -0.467. The molecule has 5 nitrogen and oxygen atoms in total. The van der Waals surface area contributed by atoms with Gasteiger partial charge in [-0.2, -0.15) is 0 Å². The highest BCUT2D eigenvalue weighted by Crippen LogP contribution is 2.34. The largest absolute Gasteiger partial charge is 0.298 e. The summed E-state index contributed by atoms with van der Waals surface area (Å²) >= 11 is 0. The molecule has 3 rings (SSSR count). The van der Waals surface area contributed by atoms with Crippen molar-refractivity contribution in [3.8, 4) is 0 Å². The molecule has 0 aliphatic carbocycles. The van der Waals surface area contributed by atoms with Crippen molar-refractivity contribution in [1.82, 2.24) is 0 Å². The molecule has 0 aromatic heterocycles. The van der Waals surface area contributed by atoms with Gasteiger partial charge in [0.2, 0.25) is 0 Å². The highest BCUT2D eigenvalue weighted by atomic mass is 16.6. The number of nitro benzene ring substituents is 1. The second kappa shape index (κ2) is 4.20. The van der Waals surface area contributed by atoms with Crippen LogP contribution >= 0.6 is 0 Å². The normalized spacial score (nSPS) is 13.5.